The van der Waals surface area contributed by atoms with Crippen molar-refractivity contribution in [3.05, 3.63) is 76.5 Å². The average molecular weight is 545 g/mol. The Labute approximate surface area is 236 Å². The van der Waals surface area contributed by atoms with Gasteiger partial charge in [0, 0.05) is 44.2 Å². The molecule has 8 heteroatoms. The van der Waals surface area contributed by atoms with Crippen molar-refractivity contribution in [3.63, 3.8) is 0 Å². The minimum atomic E-state index is -0.562. The molecule has 1 saturated heterocycles. The first-order chi connectivity index (χ1) is 19.1. The molecule has 2 aromatic rings. The minimum absolute atomic E-state index is 0.00370. The summed E-state index contributed by atoms with van der Waals surface area (Å²) in [6.07, 6.45) is 5.07. The van der Waals surface area contributed by atoms with Crippen molar-refractivity contribution in [1.29, 1.82) is 5.41 Å². The normalized spacial score (nSPS) is 20.9. The molecule has 3 N–H and O–H groups in total. The van der Waals surface area contributed by atoms with E-state index in [9.17, 15) is 9.59 Å². The Kier molecular flexibility index (Phi) is 7.88. The van der Waals surface area contributed by atoms with Gasteiger partial charge in [-0.05, 0) is 59.6 Å². The van der Waals surface area contributed by atoms with Gasteiger partial charge in [0.1, 0.15) is 17.8 Å². The number of ether oxygens (including phenoxy) is 2. The van der Waals surface area contributed by atoms with Crippen LogP contribution in [-0.2, 0) is 27.3 Å². The van der Waals surface area contributed by atoms with Crippen LogP contribution in [0.1, 0.15) is 68.2 Å². The van der Waals surface area contributed by atoms with Crippen LogP contribution in [0.3, 0.4) is 0 Å². The average Bonchev–Trinajstić information content (AvgIpc) is 3.37. The zero-order chi connectivity index (χ0) is 28.4. The number of rotatable bonds is 7. The third kappa shape index (κ3) is 6.16. The van der Waals surface area contributed by atoms with Crippen molar-refractivity contribution in [3.8, 4) is 5.75 Å². The summed E-state index contributed by atoms with van der Waals surface area (Å²) in [7, 11) is 0. The molecule has 2 unspecified atom stereocenters. The van der Waals surface area contributed by atoms with Crippen LogP contribution in [0, 0.1) is 10.8 Å². The van der Waals surface area contributed by atoms with Crippen molar-refractivity contribution in [2.24, 2.45) is 11.1 Å². The zero-order valence-corrected chi connectivity index (χ0v) is 23.7. The van der Waals surface area contributed by atoms with Gasteiger partial charge >= 0.3 is 5.97 Å². The highest BCUT2D eigenvalue weighted by Gasteiger charge is 2.33. The number of esters is 1. The van der Waals surface area contributed by atoms with Gasteiger partial charge < -0.3 is 25.0 Å². The van der Waals surface area contributed by atoms with Gasteiger partial charge in [0.05, 0.1) is 13.2 Å². The quantitative estimate of drug-likeness (QED) is 0.303. The molecular formula is C32H40N4O4. The van der Waals surface area contributed by atoms with E-state index >= 15 is 0 Å². The van der Waals surface area contributed by atoms with Gasteiger partial charge in [-0.1, -0.05) is 44.2 Å². The molecule has 2 aromatic carbocycles. The van der Waals surface area contributed by atoms with Crippen LogP contribution < -0.4 is 10.5 Å². The van der Waals surface area contributed by atoms with Crippen LogP contribution >= 0.6 is 0 Å². The first-order valence-corrected chi connectivity index (χ1v) is 14.2. The van der Waals surface area contributed by atoms with E-state index in [0.29, 0.717) is 19.6 Å². The number of carbonyl (C=O) groups is 2. The lowest BCUT2D eigenvalue weighted by atomic mass is 9.78. The molecule has 212 valence electrons. The monoisotopic (exact) mass is 544 g/mol. The molecule has 2 aliphatic heterocycles. The molecule has 1 fully saturated rings. The number of guanidine groups is 1. The van der Waals surface area contributed by atoms with Crippen molar-refractivity contribution in [2.75, 3.05) is 26.2 Å². The predicted octanol–water partition coefficient (Wildman–Crippen LogP) is 4.36. The van der Waals surface area contributed by atoms with E-state index in [0.717, 1.165) is 67.0 Å². The summed E-state index contributed by atoms with van der Waals surface area (Å²) in [5.74, 6) is 0.173. The number of nitrogens with zero attached hydrogens (tertiary/aromatic N) is 2. The standard InChI is InChI=1S/C32H40N4O4/c1-4-39-30(38)29(23-6-5-21-11-13-36(31(33)34)19-24(21)15-23)22-7-9-27(10-8-22)40-28-12-14-35(20-28)25-16-26(37)18-32(2,3)17-25/h5-10,15-16,28-29H,4,11-14,17-20H2,1-3H3,(H3,33,34). The van der Waals surface area contributed by atoms with E-state index in [-0.39, 0.29) is 29.2 Å². The lowest BCUT2D eigenvalue weighted by molar-refractivity contribution is -0.143. The zero-order valence-electron chi connectivity index (χ0n) is 23.7. The second-order valence-electron chi connectivity index (χ2n) is 11.9. The number of hydrogen-bond donors (Lipinski definition) is 2. The summed E-state index contributed by atoms with van der Waals surface area (Å²) in [4.78, 5) is 29.5. The summed E-state index contributed by atoms with van der Waals surface area (Å²) >= 11 is 0. The van der Waals surface area contributed by atoms with Crippen LogP contribution in [0.4, 0.5) is 0 Å². The Balaban J connectivity index is 1.30. The molecule has 3 aliphatic rings. The molecule has 0 bridgehead atoms. The molecule has 8 nitrogen and oxygen atoms in total. The number of ketones is 1. The fraction of sp³-hybridized carbons (Fsp3) is 0.469. The maximum Gasteiger partial charge on any atom is 0.317 e. The summed E-state index contributed by atoms with van der Waals surface area (Å²) in [6, 6.07) is 13.9. The smallest absolute Gasteiger partial charge is 0.317 e. The maximum atomic E-state index is 13.2. The highest BCUT2D eigenvalue weighted by molar-refractivity contribution is 5.91. The number of nitrogens with two attached hydrogens (primary N) is 1. The van der Waals surface area contributed by atoms with Gasteiger partial charge in [-0.3, -0.25) is 15.0 Å². The van der Waals surface area contributed by atoms with Crippen LogP contribution in [-0.4, -0.2) is 59.9 Å². The van der Waals surface area contributed by atoms with E-state index in [1.807, 2.05) is 48.2 Å². The molecule has 5 rings (SSSR count). The number of carbonyl (C=O) groups excluding carboxylic acids is 2. The molecular weight excluding hydrogens is 504 g/mol. The molecule has 0 amide bonds. The highest BCUT2D eigenvalue weighted by Crippen LogP contribution is 2.37. The number of fused-ring (bicyclic) bond motifs is 1. The molecule has 2 atom stereocenters. The lowest BCUT2D eigenvalue weighted by Crippen LogP contribution is -2.40. The van der Waals surface area contributed by atoms with Crippen molar-refractivity contribution < 1.29 is 19.1 Å². The third-order valence-corrected chi connectivity index (χ3v) is 8.15. The van der Waals surface area contributed by atoms with Gasteiger partial charge in [-0.15, -0.1) is 0 Å². The van der Waals surface area contributed by atoms with E-state index < -0.39 is 5.92 Å². The molecule has 40 heavy (non-hydrogen) atoms. The third-order valence-electron chi connectivity index (χ3n) is 8.15. The van der Waals surface area contributed by atoms with Gasteiger partial charge in [-0.2, -0.15) is 0 Å². The van der Waals surface area contributed by atoms with Crippen LogP contribution in [0.2, 0.25) is 0 Å². The molecule has 0 aromatic heterocycles. The van der Waals surface area contributed by atoms with Crippen molar-refractivity contribution in [2.45, 2.75) is 65.0 Å². The summed E-state index contributed by atoms with van der Waals surface area (Å²) in [5.41, 5.74) is 10.9. The fourth-order valence-corrected chi connectivity index (χ4v) is 6.18. The molecule has 0 saturated carbocycles. The number of likely N-dealkylation sites (tertiary alicyclic amines) is 1. The Morgan fingerprint density at radius 3 is 2.55 bits per heavy atom. The molecule has 0 spiro atoms. The van der Waals surface area contributed by atoms with E-state index in [1.54, 1.807) is 0 Å². The first kappa shape index (κ1) is 27.7. The second kappa shape index (κ2) is 11.4. The van der Waals surface area contributed by atoms with E-state index in [4.69, 9.17) is 20.6 Å². The number of allylic oxidation sites excluding steroid dienone is 2. The molecule has 2 heterocycles. The maximum absolute atomic E-state index is 13.2. The molecule has 0 radical (unpaired) electrons. The highest BCUT2D eigenvalue weighted by atomic mass is 16.5. The topological polar surface area (TPSA) is 109 Å². The van der Waals surface area contributed by atoms with Gasteiger partial charge in [-0.25, -0.2) is 0 Å². The minimum Gasteiger partial charge on any atom is -0.489 e. The van der Waals surface area contributed by atoms with Crippen LogP contribution in [0.5, 0.6) is 5.75 Å². The van der Waals surface area contributed by atoms with Gasteiger partial charge in [0.25, 0.3) is 0 Å². The Morgan fingerprint density at radius 1 is 1.10 bits per heavy atom. The Hall–Kier alpha value is -3.81. The lowest BCUT2D eigenvalue weighted by Gasteiger charge is -2.33. The number of nitrogens with one attached hydrogen (secondary N) is 1. The number of benzene rings is 2. The SMILES string of the molecule is CCOC(=O)C(c1ccc(OC2CCN(C3=CC(=O)CC(C)(C)C3)C2)cc1)c1ccc2c(c1)CN(C(=N)N)CC2. The summed E-state index contributed by atoms with van der Waals surface area (Å²) in [5, 5.41) is 7.81. The van der Waals surface area contributed by atoms with E-state index in [1.165, 1.54) is 5.56 Å². The van der Waals surface area contributed by atoms with Crippen molar-refractivity contribution in [1.82, 2.24) is 9.80 Å². The van der Waals surface area contributed by atoms with Crippen LogP contribution in [0.15, 0.2) is 54.2 Å². The summed E-state index contributed by atoms with van der Waals surface area (Å²) < 4.78 is 11.8. The van der Waals surface area contributed by atoms with Crippen LogP contribution in [0.25, 0.3) is 0 Å². The van der Waals surface area contributed by atoms with E-state index in [2.05, 4.69) is 30.9 Å². The fourth-order valence-electron chi connectivity index (χ4n) is 6.18. The van der Waals surface area contributed by atoms with Gasteiger partial charge in [0.15, 0.2) is 11.7 Å². The molecule has 1 aliphatic carbocycles. The predicted molar refractivity (Wildman–Crippen MR) is 154 cm³/mol. The Bertz CT molecular complexity index is 1320. The largest absolute Gasteiger partial charge is 0.489 e. The number of hydrogen-bond acceptors (Lipinski definition) is 6. The van der Waals surface area contributed by atoms with Crippen molar-refractivity contribution >= 4 is 17.7 Å². The Morgan fingerprint density at radius 2 is 1.85 bits per heavy atom. The second-order valence-corrected chi connectivity index (χ2v) is 11.9. The van der Waals surface area contributed by atoms with Gasteiger partial charge in [0.2, 0.25) is 0 Å². The first-order valence-electron chi connectivity index (χ1n) is 14.2. The summed E-state index contributed by atoms with van der Waals surface area (Å²) in [6.45, 7) is 9.33.